The third-order valence-corrected chi connectivity index (χ3v) is 2.87. The minimum Gasteiger partial charge on any atom is -0.394 e. The standard InChI is InChI=1S/C10H23NO4/c1-9(14,4-5-11-3)10(2,15)6-8(13)7-12/h8,11-15H,4-7H2,1-3H3. The molecule has 5 heteroatoms. The molecule has 92 valence electrons. The van der Waals surface area contributed by atoms with Crippen LogP contribution in [0.4, 0.5) is 0 Å². The summed E-state index contributed by atoms with van der Waals surface area (Å²) in [6.45, 7) is 3.13. The van der Waals surface area contributed by atoms with Gasteiger partial charge in [-0.1, -0.05) is 0 Å². The number of hydrogen-bond acceptors (Lipinski definition) is 5. The van der Waals surface area contributed by atoms with Crippen LogP contribution in [-0.2, 0) is 0 Å². The van der Waals surface area contributed by atoms with Gasteiger partial charge >= 0.3 is 0 Å². The normalized spacial score (nSPS) is 21.8. The van der Waals surface area contributed by atoms with Crippen molar-refractivity contribution in [3.8, 4) is 0 Å². The highest BCUT2D eigenvalue weighted by atomic mass is 16.4. The number of hydrogen-bond donors (Lipinski definition) is 5. The molecule has 15 heavy (non-hydrogen) atoms. The van der Waals surface area contributed by atoms with Crippen LogP contribution in [0.25, 0.3) is 0 Å². The van der Waals surface area contributed by atoms with E-state index >= 15 is 0 Å². The summed E-state index contributed by atoms with van der Waals surface area (Å²) in [7, 11) is 1.76. The summed E-state index contributed by atoms with van der Waals surface area (Å²) < 4.78 is 0. The van der Waals surface area contributed by atoms with Crippen LogP contribution >= 0.6 is 0 Å². The van der Waals surface area contributed by atoms with Crippen molar-refractivity contribution >= 4 is 0 Å². The third kappa shape index (κ3) is 4.44. The molecule has 0 aliphatic carbocycles. The van der Waals surface area contributed by atoms with Gasteiger partial charge in [0.2, 0.25) is 0 Å². The molecule has 0 rings (SSSR count). The second-order valence-electron chi connectivity index (χ2n) is 4.44. The van der Waals surface area contributed by atoms with Gasteiger partial charge in [0.25, 0.3) is 0 Å². The largest absolute Gasteiger partial charge is 0.394 e. The first-order chi connectivity index (χ1) is 6.77. The van der Waals surface area contributed by atoms with Crippen molar-refractivity contribution in [2.75, 3.05) is 20.2 Å². The first-order valence-corrected chi connectivity index (χ1v) is 5.15. The van der Waals surface area contributed by atoms with Gasteiger partial charge in [-0.05, 0) is 33.9 Å². The molecule has 0 aromatic carbocycles. The van der Waals surface area contributed by atoms with Gasteiger partial charge < -0.3 is 25.7 Å². The molecule has 0 spiro atoms. The molecule has 5 nitrogen and oxygen atoms in total. The van der Waals surface area contributed by atoms with E-state index in [-0.39, 0.29) is 6.42 Å². The van der Waals surface area contributed by atoms with E-state index in [1.54, 1.807) is 7.05 Å². The molecule has 0 amide bonds. The minimum absolute atomic E-state index is 0.0553. The summed E-state index contributed by atoms with van der Waals surface area (Å²) in [5.74, 6) is 0. The van der Waals surface area contributed by atoms with E-state index in [1.165, 1.54) is 13.8 Å². The van der Waals surface area contributed by atoms with Crippen LogP contribution in [0.5, 0.6) is 0 Å². The molecule has 3 atom stereocenters. The summed E-state index contributed by atoms with van der Waals surface area (Å²) in [5, 5.41) is 40.9. The molecule has 0 aliphatic heterocycles. The van der Waals surface area contributed by atoms with Gasteiger partial charge in [-0.2, -0.15) is 0 Å². The van der Waals surface area contributed by atoms with Crippen LogP contribution in [0, 0.1) is 0 Å². The lowest BCUT2D eigenvalue weighted by Gasteiger charge is -2.39. The molecule has 0 heterocycles. The van der Waals surface area contributed by atoms with Crippen LogP contribution in [0.1, 0.15) is 26.7 Å². The summed E-state index contributed by atoms with van der Waals surface area (Å²) in [5.41, 5.74) is -2.72. The lowest BCUT2D eigenvalue weighted by atomic mass is 9.79. The van der Waals surface area contributed by atoms with Crippen molar-refractivity contribution in [3.05, 3.63) is 0 Å². The summed E-state index contributed by atoms with van der Waals surface area (Å²) in [6, 6.07) is 0. The second-order valence-corrected chi connectivity index (χ2v) is 4.44. The molecule has 0 aromatic heterocycles. The van der Waals surface area contributed by atoms with Crippen molar-refractivity contribution in [2.24, 2.45) is 0 Å². The fraction of sp³-hybridized carbons (Fsp3) is 1.00. The summed E-state index contributed by atoms with van der Waals surface area (Å²) in [6.07, 6.45) is -0.699. The number of aliphatic hydroxyl groups excluding tert-OH is 2. The number of rotatable bonds is 7. The Kier molecular flexibility index (Phi) is 5.69. The Balaban J connectivity index is 4.39. The van der Waals surface area contributed by atoms with E-state index in [0.29, 0.717) is 13.0 Å². The molecular weight excluding hydrogens is 198 g/mol. The molecule has 0 aliphatic rings. The predicted octanol–water partition coefficient (Wildman–Crippen LogP) is -1.16. The molecule has 0 bridgehead atoms. The van der Waals surface area contributed by atoms with Gasteiger partial charge in [0.05, 0.1) is 23.9 Å². The molecule has 0 aromatic rings. The van der Waals surface area contributed by atoms with Crippen molar-refractivity contribution in [1.29, 1.82) is 0 Å². The van der Waals surface area contributed by atoms with Gasteiger partial charge in [-0.15, -0.1) is 0 Å². The van der Waals surface area contributed by atoms with E-state index in [2.05, 4.69) is 5.32 Å². The SMILES string of the molecule is CNCCC(C)(O)C(C)(O)CC(O)CO. The average molecular weight is 221 g/mol. The molecule has 0 saturated carbocycles. The highest BCUT2D eigenvalue weighted by molar-refractivity contribution is 4.95. The Hall–Kier alpha value is -0.200. The highest BCUT2D eigenvalue weighted by Crippen LogP contribution is 2.29. The number of nitrogens with one attached hydrogen (secondary N) is 1. The van der Waals surface area contributed by atoms with Gasteiger partial charge in [0, 0.05) is 6.42 Å². The highest BCUT2D eigenvalue weighted by Gasteiger charge is 2.42. The van der Waals surface area contributed by atoms with Gasteiger partial charge in [-0.3, -0.25) is 0 Å². The predicted molar refractivity (Wildman–Crippen MR) is 57.5 cm³/mol. The fourth-order valence-corrected chi connectivity index (χ4v) is 1.38. The van der Waals surface area contributed by atoms with Crippen LogP contribution in [-0.4, -0.2) is 57.9 Å². The van der Waals surface area contributed by atoms with Gasteiger partial charge in [0.1, 0.15) is 0 Å². The maximum absolute atomic E-state index is 10.0. The van der Waals surface area contributed by atoms with Crippen LogP contribution < -0.4 is 5.32 Å². The third-order valence-electron chi connectivity index (χ3n) is 2.87. The van der Waals surface area contributed by atoms with Gasteiger partial charge in [-0.25, -0.2) is 0 Å². The fourth-order valence-electron chi connectivity index (χ4n) is 1.38. The minimum atomic E-state index is -1.42. The zero-order valence-electron chi connectivity index (χ0n) is 9.69. The Morgan fingerprint density at radius 2 is 1.73 bits per heavy atom. The quantitative estimate of drug-likeness (QED) is 0.374. The van der Waals surface area contributed by atoms with E-state index < -0.39 is 23.9 Å². The van der Waals surface area contributed by atoms with E-state index in [0.717, 1.165) is 0 Å². The zero-order valence-corrected chi connectivity index (χ0v) is 9.69. The molecule has 0 radical (unpaired) electrons. The maximum atomic E-state index is 10.0. The average Bonchev–Trinajstić information content (AvgIpc) is 2.13. The van der Waals surface area contributed by atoms with Crippen molar-refractivity contribution in [2.45, 2.75) is 44.0 Å². The monoisotopic (exact) mass is 221 g/mol. The second kappa shape index (κ2) is 5.77. The number of aliphatic hydroxyl groups is 4. The smallest absolute Gasteiger partial charge is 0.0928 e. The molecule has 0 fully saturated rings. The van der Waals surface area contributed by atoms with Crippen LogP contribution in [0.2, 0.25) is 0 Å². The Morgan fingerprint density at radius 3 is 2.13 bits per heavy atom. The molecular formula is C10H23NO4. The van der Waals surface area contributed by atoms with E-state index in [1.807, 2.05) is 0 Å². The van der Waals surface area contributed by atoms with Crippen molar-refractivity contribution < 1.29 is 20.4 Å². The summed E-state index contributed by atoms with van der Waals surface area (Å²) >= 11 is 0. The Morgan fingerprint density at radius 1 is 1.20 bits per heavy atom. The zero-order chi connectivity index (χ0) is 12.1. The van der Waals surface area contributed by atoms with Crippen molar-refractivity contribution in [1.82, 2.24) is 5.32 Å². The van der Waals surface area contributed by atoms with Crippen molar-refractivity contribution in [3.63, 3.8) is 0 Å². The summed E-state index contributed by atoms with van der Waals surface area (Å²) in [4.78, 5) is 0. The first-order valence-electron chi connectivity index (χ1n) is 5.15. The lowest BCUT2D eigenvalue weighted by molar-refractivity contribution is -0.153. The Bertz CT molecular complexity index is 182. The molecule has 5 N–H and O–H groups in total. The van der Waals surface area contributed by atoms with Crippen LogP contribution in [0.3, 0.4) is 0 Å². The maximum Gasteiger partial charge on any atom is 0.0928 e. The lowest BCUT2D eigenvalue weighted by Crippen LogP contribution is -2.53. The topological polar surface area (TPSA) is 93.0 Å². The van der Waals surface area contributed by atoms with Crippen LogP contribution in [0.15, 0.2) is 0 Å². The van der Waals surface area contributed by atoms with E-state index in [9.17, 15) is 15.3 Å². The molecule has 3 unspecified atom stereocenters. The van der Waals surface area contributed by atoms with Gasteiger partial charge in [0.15, 0.2) is 0 Å². The first kappa shape index (κ1) is 14.8. The molecule has 0 saturated heterocycles. The Labute approximate surface area is 90.8 Å². The van der Waals surface area contributed by atoms with E-state index in [4.69, 9.17) is 5.11 Å².